The highest BCUT2D eigenvalue weighted by Crippen LogP contribution is 2.47. The van der Waals surface area contributed by atoms with Crippen LogP contribution in [0.3, 0.4) is 0 Å². The van der Waals surface area contributed by atoms with Gasteiger partial charge in [0.2, 0.25) is 0 Å². The Morgan fingerprint density at radius 2 is 1.75 bits per heavy atom. The van der Waals surface area contributed by atoms with Crippen LogP contribution in [-0.2, 0) is 14.1 Å². The first-order chi connectivity index (χ1) is 13.4. The molecule has 2 unspecified atom stereocenters. The number of nitrogens with zero attached hydrogens (tertiary/aromatic N) is 4. The highest BCUT2D eigenvalue weighted by atomic mass is 35.5. The van der Waals surface area contributed by atoms with Gasteiger partial charge in [0.25, 0.3) is 5.56 Å². The van der Waals surface area contributed by atoms with E-state index in [2.05, 4.69) is 35.3 Å². The van der Waals surface area contributed by atoms with Crippen LogP contribution < -0.4 is 10.5 Å². The molecule has 1 aromatic carbocycles. The highest BCUT2D eigenvalue weighted by molar-refractivity contribution is 6.30. The first kappa shape index (κ1) is 18.6. The molecule has 0 aliphatic carbocycles. The van der Waals surface area contributed by atoms with E-state index in [1.807, 2.05) is 49.1 Å². The van der Waals surface area contributed by atoms with Gasteiger partial charge in [0.15, 0.2) is 0 Å². The summed E-state index contributed by atoms with van der Waals surface area (Å²) in [5, 5.41) is 5.07. The zero-order chi connectivity index (χ0) is 20.0. The summed E-state index contributed by atoms with van der Waals surface area (Å²) in [5.74, 6) is 1.15. The molecule has 5 nitrogen and oxygen atoms in total. The standard InChI is InChI=1S/C22H23ClN4O/c1-14-11-17(13-25(3)22(14)28)21-20(16-5-7-18(23)8-6-16)15(2)12-27(21)19-9-10-24-26(19)4/h5-13,20-21H,1-4H3. The lowest BCUT2D eigenvalue weighted by molar-refractivity contribution is 0.613. The van der Waals surface area contributed by atoms with Crippen molar-refractivity contribution in [2.75, 3.05) is 4.90 Å². The molecule has 2 aromatic heterocycles. The Morgan fingerprint density at radius 3 is 2.36 bits per heavy atom. The molecule has 0 spiro atoms. The molecule has 0 N–H and O–H groups in total. The molecule has 0 amide bonds. The maximum atomic E-state index is 12.3. The van der Waals surface area contributed by atoms with E-state index in [-0.39, 0.29) is 17.5 Å². The van der Waals surface area contributed by atoms with E-state index in [1.165, 1.54) is 11.1 Å². The third kappa shape index (κ3) is 3.06. The van der Waals surface area contributed by atoms with E-state index < -0.39 is 0 Å². The number of halogens is 1. The van der Waals surface area contributed by atoms with Crippen LogP contribution in [0.5, 0.6) is 0 Å². The zero-order valence-corrected chi connectivity index (χ0v) is 17.2. The molecule has 0 saturated heterocycles. The zero-order valence-electron chi connectivity index (χ0n) is 16.4. The van der Waals surface area contributed by atoms with Gasteiger partial charge in [-0.1, -0.05) is 23.7 Å². The van der Waals surface area contributed by atoms with Crippen molar-refractivity contribution in [3.05, 3.63) is 92.6 Å². The maximum Gasteiger partial charge on any atom is 0.253 e. The molecule has 1 aliphatic heterocycles. The molecule has 6 heteroatoms. The summed E-state index contributed by atoms with van der Waals surface area (Å²) in [6, 6.07) is 12.1. The summed E-state index contributed by atoms with van der Waals surface area (Å²) in [4.78, 5) is 14.5. The van der Waals surface area contributed by atoms with Gasteiger partial charge >= 0.3 is 0 Å². The Balaban J connectivity index is 1.90. The Kier molecular flexibility index (Phi) is 4.63. The highest BCUT2D eigenvalue weighted by Gasteiger charge is 2.37. The molecule has 0 saturated carbocycles. The summed E-state index contributed by atoms with van der Waals surface area (Å²) >= 11 is 6.12. The minimum Gasteiger partial charge on any atom is -0.325 e. The van der Waals surface area contributed by atoms with E-state index in [1.54, 1.807) is 17.8 Å². The number of benzene rings is 1. The van der Waals surface area contributed by atoms with Crippen LogP contribution >= 0.6 is 11.6 Å². The largest absolute Gasteiger partial charge is 0.325 e. The van der Waals surface area contributed by atoms with Gasteiger partial charge in [-0.3, -0.25) is 9.48 Å². The molecule has 3 aromatic rings. The van der Waals surface area contributed by atoms with Crippen molar-refractivity contribution >= 4 is 17.4 Å². The predicted molar refractivity (Wildman–Crippen MR) is 113 cm³/mol. The van der Waals surface area contributed by atoms with Crippen LogP contribution in [0.1, 0.15) is 35.6 Å². The van der Waals surface area contributed by atoms with Crippen LogP contribution in [0, 0.1) is 6.92 Å². The van der Waals surface area contributed by atoms with Crippen molar-refractivity contribution < 1.29 is 0 Å². The van der Waals surface area contributed by atoms with E-state index in [4.69, 9.17) is 11.6 Å². The van der Waals surface area contributed by atoms with E-state index in [9.17, 15) is 4.79 Å². The molecular formula is C22H23ClN4O. The molecule has 28 heavy (non-hydrogen) atoms. The lowest BCUT2D eigenvalue weighted by Gasteiger charge is -2.31. The molecular weight excluding hydrogens is 372 g/mol. The first-order valence-corrected chi connectivity index (χ1v) is 9.62. The molecule has 1 aliphatic rings. The molecule has 0 fully saturated rings. The number of pyridine rings is 1. The Hall–Kier alpha value is -2.79. The summed E-state index contributed by atoms with van der Waals surface area (Å²) in [7, 11) is 3.75. The number of aromatic nitrogens is 3. The van der Waals surface area contributed by atoms with E-state index in [0.29, 0.717) is 0 Å². The second-order valence-electron chi connectivity index (χ2n) is 7.44. The Labute approximate surface area is 169 Å². The van der Waals surface area contributed by atoms with Crippen molar-refractivity contribution in [3.63, 3.8) is 0 Å². The number of rotatable bonds is 3. The summed E-state index contributed by atoms with van der Waals surface area (Å²) < 4.78 is 3.54. The predicted octanol–water partition coefficient (Wildman–Crippen LogP) is 4.33. The molecule has 3 heterocycles. The van der Waals surface area contributed by atoms with Crippen molar-refractivity contribution in [1.82, 2.24) is 14.3 Å². The van der Waals surface area contributed by atoms with Gasteiger partial charge in [0, 0.05) is 49.1 Å². The topological polar surface area (TPSA) is 43.1 Å². The van der Waals surface area contributed by atoms with Crippen molar-refractivity contribution in [1.29, 1.82) is 0 Å². The van der Waals surface area contributed by atoms with Gasteiger partial charge in [0.1, 0.15) is 5.82 Å². The molecule has 144 valence electrons. The number of anilines is 1. The average Bonchev–Trinajstić information content (AvgIpc) is 3.23. The second-order valence-corrected chi connectivity index (χ2v) is 7.88. The summed E-state index contributed by atoms with van der Waals surface area (Å²) in [6.45, 7) is 4.02. The monoisotopic (exact) mass is 394 g/mol. The first-order valence-electron chi connectivity index (χ1n) is 9.24. The quantitative estimate of drug-likeness (QED) is 0.664. The lowest BCUT2D eigenvalue weighted by atomic mass is 9.84. The third-order valence-corrected chi connectivity index (χ3v) is 5.71. The normalized spacial score (nSPS) is 19.2. The maximum absolute atomic E-state index is 12.3. The fourth-order valence-electron chi connectivity index (χ4n) is 4.16. The SMILES string of the molecule is CC1=CN(c2ccnn2C)C(c2cc(C)c(=O)n(C)c2)C1c1ccc(Cl)cc1. The smallest absolute Gasteiger partial charge is 0.253 e. The summed E-state index contributed by atoms with van der Waals surface area (Å²) in [6.07, 6.45) is 5.93. The fourth-order valence-corrected chi connectivity index (χ4v) is 4.28. The van der Waals surface area contributed by atoms with Crippen molar-refractivity contribution in [2.45, 2.75) is 25.8 Å². The molecule has 0 radical (unpaired) electrons. The molecule has 2 atom stereocenters. The minimum absolute atomic E-state index is 0.0158. The van der Waals surface area contributed by atoms with Crippen molar-refractivity contribution in [3.8, 4) is 0 Å². The average molecular weight is 395 g/mol. The van der Waals surface area contributed by atoms with Gasteiger partial charge in [-0.05, 0) is 48.7 Å². The number of aryl methyl sites for hydroxylation is 3. The van der Waals surface area contributed by atoms with Gasteiger partial charge in [-0.2, -0.15) is 5.10 Å². The molecule has 0 bridgehead atoms. The fraction of sp³-hybridized carbons (Fsp3) is 0.273. The van der Waals surface area contributed by atoms with E-state index in [0.717, 1.165) is 22.0 Å². The van der Waals surface area contributed by atoms with Crippen molar-refractivity contribution in [2.24, 2.45) is 14.1 Å². The van der Waals surface area contributed by atoms with Crippen LogP contribution in [0.25, 0.3) is 0 Å². The van der Waals surface area contributed by atoms with Gasteiger partial charge < -0.3 is 9.47 Å². The molecule has 4 rings (SSSR count). The van der Waals surface area contributed by atoms with Gasteiger partial charge in [0.05, 0.1) is 12.2 Å². The van der Waals surface area contributed by atoms with Crippen LogP contribution in [0.4, 0.5) is 5.82 Å². The summed E-state index contributed by atoms with van der Waals surface area (Å²) in [5.41, 5.74) is 4.30. The second kappa shape index (κ2) is 6.99. The van der Waals surface area contributed by atoms with Crippen LogP contribution in [0.2, 0.25) is 5.02 Å². The van der Waals surface area contributed by atoms with Gasteiger partial charge in [-0.15, -0.1) is 0 Å². The van der Waals surface area contributed by atoms with Crippen LogP contribution in [0.15, 0.2) is 65.4 Å². The number of hydrogen-bond acceptors (Lipinski definition) is 3. The Bertz CT molecular complexity index is 1080. The Morgan fingerprint density at radius 1 is 1.04 bits per heavy atom. The van der Waals surface area contributed by atoms with Gasteiger partial charge in [-0.25, -0.2) is 0 Å². The van der Waals surface area contributed by atoms with E-state index >= 15 is 0 Å². The third-order valence-electron chi connectivity index (χ3n) is 5.46. The lowest BCUT2D eigenvalue weighted by Crippen LogP contribution is -2.28. The number of hydrogen-bond donors (Lipinski definition) is 0. The van der Waals surface area contributed by atoms with Crippen LogP contribution in [-0.4, -0.2) is 14.3 Å². The minimum atomic E-state index is 0.0158.